The van der Waals surface area contributed by atoms with Crippen LogP contribution in [0.5, 0.6) is 0 Å². The van der Waals surface area contributed by atoms with Gasteiger partial charge in [-0.1, -0.05) is 18.2 Å². The number of nitrogens with one attached hydrogen (secondary N) is 1. The van der Waals surface area contributed by atoms with Crippen LogP contribution in [0, 0.1) is 5.92 Å². The molecule has 0 radical (unpaired) electrons. The van der Waals surface area contributed by atoms with Gasteiger partial charge in [-0.3, -0.25) is 4.79 Å². The lowest BCUT2D eigenvalue weighted by Crippen LogP contribution is -2.40. The molecule has 0 saturated heterocycles. The quantitative estimate of drug-likeness (QED) is 0.692. The number of hydrogen-bond acceptors (Lipinski definition) is 5. The largest absolute Gasteiger partial charge is 0.368 e. The first kappa shape index (κ1) is 18.1. The average molecular weight is 390 g/mol. The van der Waals surface area contributed by atoms with Crippen LogP contribution in [0.2, 0.25) is 0 Å². The molecule has 1 aliphatic carbocycles. The van der Waals surface area contributed by atoms with Crippen molar-refractivity contribution in [1.29, 1.82) is 0 Å². The van der Waals surface area contributed by atoms with E-state index in [0.717, 1.165) is 55.1 Å². The van der Waals surface area contributed by atoms with Crippen molar-refractivity contribution in [3.63, 3.8) is 0 Å². The number of rotatable bonds is 1. The number of anilines is 1. The van der Waals surface area contributed by atoms with Crippen LogP contribution >= 0.6 is 0 Å². The third-order valence-electron chi connectivity index (χ3n) is 5.74. The van der Waals surface area contributed by atoms with Gasteiger partial charge >= 0.3 is 0 Å². The first-order chi connectivity index (χ1) is 14.2. The molecule has 0 atom stereocenters. The minimum Gasteiger partial charge on any atom is -0.368 e. The Labute approximate surface area is 170 Å². The molecule has 150 valence electrons. The van der Waals surface area contributed by atoms with E-state index in [0.29, 0.717) is 19.0 Å². The van der Waals surface area contributed by atoms with Crippen LogP contribution in [0.4, 0.5) is 5.82 Å². The number of aromatic nitrogens is 3. The molecule has 5 rings (SSSR count). The Hall–Kier alpha value is -2.93. The van der Waals surface area contributed by atoms with Crippen LogP contribution < -0.4 is 5.32 Å². The molecule has 7 nitrogen and oxygen atoms in total. The smallest absolute Gasteiger partial charge is 0.225 e. The third kappa shape index (κ3) is 3.82. The van der Waals surface area contributed by atoms with Crippen LogP contribution in [0.15, 0.2) is 42.7 Å². The van der Waals surface area contributed by atoms with Crippen LogP contribution in [-0.2, 0) is 11.3 Å². The number of amides is 1. The summed E-state index contributed by atoms with van der Waals surface area (Å²) in [6.45, 7) is 3.82. The van der Waals surface area contributed by atoms with Gasteiger partial charge in [0.05, 0.1) is 6.20 Å². The Morgan fingerprint density at radius 2 is 2.07 bits per heavy atom. The lowest BCUT2D eigenvalue weighted by Gasteiger charge is -2.26. The van der Waals surface area contributed by atoms with Crippen molar-refractivity contribution < 1.29 is 4.79 Å². The number of carbonyl (C=O) groups excluding carboxylic acids is 1. The Kier molecular flexibility index (Phi) is 4.67. The molecule has 3 aromatic rings. The molecule has 4 bridgehead atoms. The topological polar surface area (TPSA) is 65.8 Å². The summed E-state index contributed by atoms with van der Waals surface area (Å²) in [7, 11) is 2.12. The summed E-state index contributed by atoms with van der Waals surface area (Å²) in [5.74, 6) is 1.34. The monoisotopic (exact) mass is 390 g/mol. The second-order valence-corrected chi connectivity index (χ2v) is 8.10. The van der Waals surface area contributed by atoms with Crippen LogP contribution in [0.3, 0.4) is 0 Å². The van der Waals surface area contributed by atoms with Gasteiger partial charge in [0.2, 0.25) is 5.91 Å². The summed E-state index contributed by atoms with van der Waals surface area (Å²) in [5, 5.41) is 7.85. The van der Waals surface area contributed by atoms with Crippen LogP contribution in [0.1, 0.15) is 18.4 Å². The van der Waals surface area contributed by atoms with Crippen molar-refractivity contribution in [2.45, 2.75) is 19.4 Å². The molecule has 1 aliphatic heterocycles. The summed E-state index contributed by atoms with van der Waals surface area (Å²) in [6.07, 6.45) is 5.88. The Morgan fingerprint density at radius 1 is 1.17 bits per heavy atom. The minimum absolute atomic E-state index is 0.239. The van der Waals surface area contributed by atoms with E-state index in [1.54, 1.807) is 4.52 Å². The lowest BCUT2D eigenvalue weighted by atomic mass is 10.1. The molecule has 1 N–H and O–H groups in total. The van der Waals surface area contributed by atoms with Gasteiger partial charge < -0.3 is 15.1 Å². The van der Waals surface area contributed by atoms with Gasteiger partial charge in [-0.05, 0) is 43.1 Å². The fourth-order valence-corrected chi connectivity index (χ4v) is 3.93. The van der Waals surface area contributed by atoms with Crippen molar-refractivity contribution in [3.05, 3.63) is 48.3 Å². The van der Waals surface area contributed by atoms with E-state index in [4.69, 9.17) is 4.98 Å². The molecule has 1 amide bonds. The normalized spacial score (nSPS) is 18.3. The van der Waals surface area contributed by atoms with E-state index in [1.807, 2.05) is 23.4 Å². The maximum absolute atomic E-state index is 12.7. The molecule has 1 fully saturated rings. The van der Waals surface area contributed by atoms with E-state index < -0.39 is 0 Å². The van der Waals surface area contributed by atoms with Crippen molar-refractivity contribution in [1.82, 2.24) is 24.4 Å². The number of benzene rings is 1. The summed E-state index contributed by atoms with van der Waals surface area (Å²) < 4.78 is 1.81. The predicted octanol–water partition coefficient (Wildman–Crippen LogP) is 2.49. The number of hydrogen-bond donors (Lipinski definition) is 1. The zero-order valence-corrected chi connectivity index (χ0v) is 16.7. The first-order valence-electron chi connectivity index (χ1n) is 10.3. The third-order valence-corrected chi connectivity index (χ3v) is 5.74. The molecule has 0 spiro atoms. The van der Waals surface area contributed by atoms with Gasteiger partial charge in [0.15, 0.2) is 5.65 Å². The summed E-state index contributed by atoms with van der Waals surface area (Å²) in [4.78, 5) is 21.8. The first-order valence-corrected chi connectivity index (χ1v) is 10.3. The van der Waals surface area contributed by atoms with Crippen molar-refractivity contribution in [3.8, 4) is 11.1 Å². The second-order valence-electron chi connectivity index (χ2n) is 8.10. The molecule has 0 unspecified atom stereocenters. The zero-order valence-electron chi connectivity index (χ0n) is 16.7. The maximum Gasteiger partial charge on any atom is 0.225 e. The fourth-order valence-electron chi connectivity index (χ4n) is 3.93. The molecule has 29 heavy (non-hydrogen) atoms. The minimum atomic E-state index is 0.239. The van der Waals surface area contributed by atoms with E-state index in [1.165, 1.54) is 5.56 Å². The maximum atomic E-state index is 12.7. The number of likely N-dealkylation sites (N-methyl/N-ethyl adjacent to an activating group) is 1. The predicted molar refractivity (Wildman–Crippen MR) is 113 cm³/mol. The van der Waals surface area contributed by atoms with Gasteiger partial charge in [-0.25, -0.2) is 9.50 Å². The van der Waals surface area contributed by atoms with Gasteiger partial charge in [-0.2, -0.15) is 5.10 Å². The van der Waals surface area contributed by atoms with Gasteiger partial charge in [0.25, 0.3) is 0 Å². The second kappa shape index (κ2) is 7.48. The van der Waals surface area contributed by atoms with Crippen molar-refractivity contribution in [2.75, 3.05) is 38.5 Å². The highest BCUT2D eigenvalue weighted by atomic mass is 16.2. The van der Waals surface area contributed by atoms with Crippen molar-refractivity contribution in [2.24, 2.45) is 5.92 Å². The molecule has 2 aromatic heterocycles. The fraction of sp³-hybridized carbons (Fsp3) is 0.409. The van der Waals surface area contributed by atoms with Gasteiger partial charge in [0.1, 0.15) is 5.82 Å². The highest BCUT2D eigenvalue weighted by Gasteiger charge is 2.33. The SMILES string of the molecule is CN1CCN(C(=O)C2CC2)CCNc2ccn3ncc(c3n2)-c2cccc(c2)C1. The molecule has 2 aliphatic rings. The molecule has 1 aromatic carbocycles. The molecule has 7 heteroatoms. The summed E-state index contributed by atoms with van der Waals surface area (Å²) in [6, 6.07) is 10.5. The molecule has 1 saturated carbocycles. The number of carbonyl (C=O) groups is 1. The highest BCUT2D eigenvalue weighted by molar-refractivity contribution is 5.81. The number of fused-ring (bicyclic) bond motifs is 4. The summed E-state index contributed by atoms with van der Waals surface area (Å²) >= 11 is 0. The van der Waals surface area contributed by atoms with E-state index >= 15 is 0 Å². The van der Waals surface area contributed by atoms with Crippen LogP contribution in [-0.4, -0.2) is 63.5 Å². The van der Waals surface area contributed by atoms with Gasteiger partial charge in [0, 0.05) is 50.4 Å². The number of nitrogens with zero attached hydrogens (tertiary/aromatic N) is 5. The summed E-state index contributed by atoms with van der Waals surface area (Å²) in [5.41, 5.74) is 4.23. The Bertz CT molecular complexity index is 1040. The standard InChI is InChI=1S/C22H26N6O/c1-26-11-12-27(22(29)17-5-6-17)10-8-23-20-7-9-28-21(25-20)19(14-24-28)18-4-2-3-16(13-18)15-26/h2-4,7,9,13-14,17H,5-6,8,10-12,15H2,1H3,(H,23,25). The Morgan fingerprint density at radius 3 is 2.93 bits per heavy atom. The molecular formula is C22H26N6O. The Balaban J connectivity index is 1.50. The van der Waals surface area contributed by atoms with Gasteiger partial charge in [-0.15, -0.1) is 0 Å². The molecule has 3 heterocycles. The van der Waals surface area contributed by atoms with Crippen molar-refractivity contribution >= 4 is 17.4 Å². The highest BCUT2D eigenvalue weighted by Crippen LogP contribution is 2.31. The zero-order chi connectivity index (χ0) is 19.8. The van der Waals surface area contributed by atoms with Crippen LogP contribution in [0.25, 0.3) is 16.8 Å². The van der Waals surface area contributed by atoms with E-state index in [2.05, 4.69) is 46.6 Å². The van der Waals surface area contributed by atoms with E-state index in [-0.39, 0.29) is 5.92 Å². The average Bonchev–Trinajstić information content (AvgIpc) is 3.49. The lowest BCUT2D eigenvalue weighted by molar-refractivity contribution is -0.132. The molecular weight excluding hydrogens is 364 g/mol. The van der Waals surface area contributed by atoms with E-state index in [9.17, 15) is 4.79 Å².